The van der Waals surface area contributed by atoms with Crippen LogP contribution in [0.3, 0.4) is 0 Å². The number of ether oxygens (including phenoxy) is 2. The van der Waals surface area contributed by atoms with Crippen LogP contribution in [0.5, 0.6) is 11.5 Å². The molecule has 0 fully saturated rings. The van der Waals surface area contributed by atoms with Crippen molar-refractivity contribution in [1.82, 2.24) is 0 Å². The molecule has 0 bridgehead atoms. The molecule has 4 aromatic rings. The quantitative estimate of drug-likeness (QED) is 0.108. The van der Waals surface area contributed by atoms with E-state index in [9.17, 15) is 14.8 Å². The summed E-state index contributed by atoms with van der Waals surface area (Å²) in [6.45, 7) is 6.77. The van der Waals surface area contributed by atoms with Crippen LogP contribution in [0.1, 0.15) is 17.2 Å². The maximum absolute atomic E-state index is 11.4. The second-order valence-electron chi connectivity index (χ2n) is 7.65. The van der Waals surface area contributed by atoms with Gasteiger partial charge in [0.1, 0.15) is 17.6 Å². The Morgan fingerprint density at radius 2 is 1.14 bits per heavy atom. The topological polar surface area (TPSA) is 82.1 Å². The summed E-state index contributed by atoms with van der Waals surface area (Å²) in [4.78, 5) is 27.5. The molecule has 0 aliphatic heterocycles. The van der Waals surface area contributed by atoms with Gasteiger partial charge in [0.05, 0.1) is 0 Å². The third kappa shape index (κ3) is 5.52. The minimum atomic E-state index is -0.707. The van der Waals surface area contributed by atoms with Gasteiger partial charge in [-0.05, 0) is 63.4 Å². The van der Waals surface area contributed by atoms with E-state index >= 15 is 0 Å². The Morgan fingerprint density at radius 1 is 0.657 bits per heavy atom. The van der Waals surface area contributed by atoms with E-state index in [-0.39, 0.29) is 0 Å². The molecular formula is C29H22O6. The highest BCUT2D eigenvalue weighted by atomic mass is 17.1. The normalized spacial score (nSPS) is 11.5. The predicted molar refractivity (Wildman–Crippen MR) is 133 cm³/mol. The van der Waals surface area contributed by atoms with Gasteiger partial charge in [0.15, 0.2) is 0 Å². The Hall–Kier alpha value is -4.52. The number of esters is 2. The molecule has 0 heterocycles. The van der Waals surface area contributed by atoms with E-state index < -0.39 is 18.0 Å². The molecule has 35 heavy (non-hydrogen) atoms. The fourth-order valence-corrected chi connectivity index (χ4v) is 3.66. The molecule has 1 unspecified atom stereocenters. The van der Waals surface area contributed by atoms with Gasteiger partial charge in [0.25, 0.3) is 0 Å². The second-order valence-corrected chi connectivity index (χ2v) is 7.65. The molecular weight excluding hydrogens is 444 g/mol. The number of hydrogen-bond donors (Lipinski definition) is 1. The number of benzene rings is 4. The molecule has 0 aliphatic carbocycles. The van der Waals surface area contributed by atoms with Crippen molar-refractivity contribution in [3.8, 4) is 22.6 Å². The minimum Gasteiger partial charge on any atom is -0.423 e. The predicted octanol–water partition coefficient (Wildman–Crippen LogP) is 6.27. The zero-order valence-corrected chi connectivity index (χ0v) is 18.7. The summed E-state index contributed by atoms with van der Waals surface area (Å²) in [5, 5.41) is 11.5. The first-order valence-electron chi connectivity index (χ1n) is 10.7. The van der Waals surface area contributed by atoms with E-state index in [0.717, 1.165) is 39.6 Å². The van der Waals surface area contributed by atoms with E-state index in [1.165, 1.54) is 0 Å². The SMILES string of the molecule is C=CC(=O)Oc1ccc(C(OO)c2ccc(-c3ccc4cc(OC(=O)C=C)ccc4c3)cc2)cc1. The summed E-state index contributed by atoms with van der Waals surface area (Å²) >= 11 is 0. The van der Waals surface area contributed by atoms with Gasteiger partial charge in [-0.3, -0.25) is 5.26 Å². The smallest absolute Gasteiger partial charge is 0.335 e. The zero-order chi connectivity index (χ0) is 24.8. The van der Waals surface area contributed by atoms with Gasteiger partial charge in [-0.15, -0.1) is 0 Å². The van der Waals surface area contributed by atoms with Crippen LogP contribution in [0.25, 0.3) is 21.9 Å². The van der Waals surface area contributed by atoms with Crippen LogP contribution < -0.4 is 9.47 Å². The van der Waals surface area contributed by atoms with Crippen LogP contribution in [0.2, 0.25) is 0 Å². The molecule has 0 spiro atoms. The number of hydrogen-bond acceptors (Lipinski definition) is 6. The molecule has 6 heteroatoms. The highest BCUT2D eigenvalue weighted by molar-refractivity contribution is 5.90. The minimum absolute atomic E-state index is 0.368. The first kappa shape index (κ1) is 23.6. The second kappa shape index (κ2) is 10.6. The van der Waals surface area contributed by atoms with E-state index in [4.69, 9.17) is 14.4 Å². The molecule has 4 aromatic carbocycles. The maximum Gasteiger partial charge on any atom is 0.335 e. The Balaban J connectivity index is 1.53. The fourth-order valence-electron chi connectivity index (χ4n) is 3.66. The first-order valence-corrected chi connectivity index (χ1v) is 10.7. The summed E-state index contributed by atoms with van der Waals surface area (Å²) in [7, 11) is 0. The summed E-state index contributed by atoms with van der Waals surface area (Å²) in [6, 6.07) is 25.8. The lowest BCUT2D eigenvalue weighted by atomic mass is 9.97. The van der Waals surface area contributed by atoms with Gasteiger partial charge in [0.2, 0.25) is 0 Å². The monoisotopic (exact) mass is 466 g/mol. The van der Waals surface area contributed by atoms with Crippen molar-refractivity contribution >= 4 is 22.7 Å². The molecule has 0 saturated heterocycles. The van der Waals surface area contributed by atoms with Crippen LogP contribution in [0.4, 0.5) is 0 Å². The standard InChI is InChI=1S/C29H22O6/c1-3-27(30)33-25-14-11-21(12-15-25)29(35-32)20-7-5-19(6-8-20)22-9-10-24-18-26(34-28(31)4-2)16-13-23(24)17-22/h3-18,29,32H,1-2H2. The van der Waals surface area contributed by atoms with Crippen LogP contribution >= 0.6 is 0 Å². The Morgan fingerprint density at radius 3 is 1.74 bits per heavy atom. The molecule has 0 amide bonds. The average Bonchev–Trinajstić information content (AvgIpc) is 2.90. The Bertz CT molecular complexity index is 1390. The lowest BCUT2D eigenvalue weighted by Gasteiger charge is -2.15. The highest BCUT2D eigenvalue weighted by Crippen LogP contribution is 2.31. The molecule has 0 aromatic heterocycles. The van der Waals surface area contributed by atoms with Crippen LogP contribution in [-0.4, -0.2) is 17.2 Å². The van der Waals surface area contributed by atoms with Crippen LogP contribution in [-0.2, 0) is 14.5 Å². The van der Waals surface area contributed by atoms with Gasteiger partial charge in [0, 0.05) is 12.2 Å². The highest BCUT2D eigenvalue weighted by Gasteiger charge is 2.16. The van der Waals surface area contributed by atoms with Gasteiger partial charge in [-0.25, -0.2) is 14.5 Å². The fraction of sp³-hybridized carbons (Fsp3) is 0.0345. The van der Waals surface area contributed by atoms with E-state index in [0.29, 0.717) is 17.1 Å². The molecule has 1 N–H and O–H groups in total. The molecule has 0 aliphatic rings. The number of carbonyl (C=O) groups excluding carboxylic acids is 2. The van der Waals surface area contributed by atoms with Crippen molar-refractivity contribution in [1.29, 1.82) is 0 Å². The Kier molecular flexibility index (Phi) is 7.16. The zero-order valence-electron chi connectivity index (χ0n) is 18.7. The summed E-state index contributed by atoms with van der Waals surface area (Å²) in [5.74, 6) is -0.221. The first-order chi connectivity index (χ1) is 17.0. The molecule has 4 rings (SSSR count). The van der Waals surface area contributed by atoms with Crippen LogP contribution in [0.15, 0.2) is 110 Å². The number of carbonyl (C=O) groups is 2. The van der Waals surface area contributed by atoms with Crippen molar-refractivity contribution in [2.24, 2.45) is 0 Å². The lowest BCUT2D eigenvalue weighted by Crippen LogP contribution is -2.05. The van der Waals surface area contributed by atoms with Crippen molar-refractivity contribution in [3.05, 3.63) is 121 Å². The lowest BCUT2D eigenvalue weighted by molar-refractivity contribution is -0.270. The molecule has 0 radical (unpaired) electrons. The van der Waals surface area contributed by atoms with Gasteiger partial charge in [-0.1, -0.05) is 67.8 Å². The third-order valence-electron chi connectivity index (χ3n) is 5.42. The van der Waals surface area contributed by atoms with E-state index in [2.05, 4.69) is 13.2 Å². The molecule has 1 atom stereocenters. The molecule has 6 nitrogen and oxygen atoms in total. The molecule has 0 saturated carbocycles. The van der Waals surface area contributed by atoms with Crippen molar-refractivity contribution in [2.45, 2.75) is 6.10 Å². The third-order valence-corrected chi connectivity index (χ3v) is 5.42. The van der Waals surface area contributed by atoms with Crippen molar-refractivity contribution < 1.29 is 29.2 Å². The largest absolute Gasteiger partial charge is 0.423 e. The number of fused-ring (bicyclic) bond motifs is 1. The van der Waals surface area contributed by atoms with Gasteiger partial charge >= 0.3 is 11.9 Å². The summed E-state index contributed by atoms with van der Waals surface area (Å²) < 4.78 is 10.3. The van der Waals surface area contributed by atoms with E-state index in [1.54, 1.807) is 36.4 Å². The van der Waals surface area contributed by atoms with Gasteiger partial charge < -0.3 is 9.47 Å². The molecule has 174 valence electrons. The average molecular weight is 466 g/mol. The Labute approximate surface area is 202 Å². The van der Waals surface area contributed by atoms with Crippen molar-refractivity contribution in [3.63, 3.8) is 0 Å². The maximum atomic E-state index is 11.4. The number of rotatable bonds is 8. The van der Waals surface area contributed by atoms with Crippen molar-refractivity contribution in [2.75, 3.05) is 0 Å². The van der Waals surface area contributed by atoms with E-state index in [1.807, 2.05) is 48.5 Å². The summed E-state index contributed by atoms with van der Waals surface area (Å²) in [5.41, 5.74) is 3.44. The van der Waals surface area contributed by atoms with Gasteiger partial charge in [-0.2, -0.15) is 0 Å². The van der Waals surface area contributed by atoms with Crippen LogP contribution in [0, 0.1) is 0 Å². The summed E-state index contributed by atoms with van der Waals surface area (Å²) in [6.07, 6.45) is 1.50.